The third-order valence-corrected chi connectivity index (χ3v) is 5.38. The van der Waals surface area contributed by atoms with E-state index in [0.29, 0.717) is 24.9 Å². The van der Waals surface area contributed by atoms with E-state index < -0.39 is 11.9 Å². The highest BCUT2D eigenvalue weighted by Crippen LogP contribution is 2.32. The second-order valence-electron chi connectivity index (χ2n) is 6.83. The molecule has 0 N–H and O–H groups in total. The summed E-state index contributed by atoms with van der Waals surface area (Å²) in [5.41, 5.74) is -0.923. The van der Waals surface area contributed by atoms with Crippen molar-refractivity contribution in [1.29, 1.82) is 0 Å². The number of nitrogens with zero attached hydrogens (tertiary/aromatic N) is 7. The second kappa shape index (κ2) is 6.66. The van der Waals surface area contributed by atoms with Gasteiger partial charge in [-0.2, -0.15) is 27.8 Å². The Balaban J connectivity index is 1.54. The number of alkyl halides is 3. The van der Waals surface area contributed by atoms with Gasteiger partial charge in [-0.05, 0) is 13.0 Å². The van der Waals surface area contributed by atoms with E-state index in [1.165, 1.54) is 10.8 Å². The molecule has 2 fully saturated rings. The largest absolute Gasteiger partial charge is 0.433 e. The summed E-state index contributed by atoms with van der Waals surface area (Å²) in [5, 5.41) is 4.06. The highest BCUT2D eigenvalue weighted by molar-refractivity contribution is 5.49. The van der Waals surface area contributed by atoms with Crippen LogP contribution in [-0.4, -0.2) is 81.2 Å². The molecule has 1 atom stereocenters. The highest BCUT2D eigenvalue weighted by Gasteiger charge is 2.36. The first-order valence-corrected chi connectivity index (χ1v) is 8.95. The van der Waals surface area contributed by atoms with E-state index in [-0.39, 0.29) is 5.78 Å². The van der Waals surface area contributed by atoms with Gasteiger partial charge in [-0.25, -0.2) is 4.98 Å². The Morgan fingerprint density at radius 2 is 1.92 bits per heavy atom. The standard InChI is InChI=1S/C16H22F3N7/c1-2-23-5-7-24(8-6-23)12-3-4-25(10-12)14-9-13(16(17,18)19)22-15-20-11-21-26(14)15/h9,11-12H,2-8,10H2,1H3. The molecular formula is C16H22F3N7. The summed E-state index contributed by atoms with van der Waals surface area (Å²) in [5.74, 6) is 0.393. The molecular weight excluding hydrogens is 347 g/mol. The lowest BCUT2D eigenvalue weighted by molar-refractivity contribution is -0.141. The fourth-order valence-electron chi connectivity index (χ4n) is 3.86. The molecule has 0 amide bonds. The number of aromatic nitrogens is 4. The van der Waals surface area contributed by atoms with Crippen LogP contribution in [0.25, 0.3) is 5.78 Å². The van der Waals surface area contributed by atoms with Gasteiger partial charge in [0.25, 0.3) is 5.78 Å². The van der Waals surface area contributed by atoms with Crippen LogP contribution in [0.3, 0.4) is 0 Å². The minimum absolute atomic E-state index is 0.0187. The van der Waals surface area contributed by atoms with Crippen LogP contribution >= 0.6 is 0 Å². The van der Waals surface area contributed by atoms with E-state index in [4.69, 9.17) is 0 Å². The Hall–Kier alpha value is -1.94. The van der Waals surface area contributed by atoms with Gasteiger partial charge in [0.15, 0.2) is 5.69 Å². The van der Waals surface area contributed by atoms with Gasteiger partial charge in [0.1, 0.15) is 12.1 Å². The van der Waals surface area contributed by atoms with E-state index in [1.54, 1.807) is 0 Å². The fourth-order valence-corrected chi connectivity index (χ4v) is 3.86. The normalized spacial score (nSPS) is 23.2. The highest BCUT2D eigenvalue weighted by atomic mass is 19.4. The smallest absolute Gasteiger partial charge is 0.355 e. The van der Waals surface area contributed by atoms with Crippen LogP contribution in [-0.2, 0) is 6.18 Å². The zero-order valence-corrected chi connectivity index (χ0v) is 14.7. The molecule has 142 valence electrons. The van der Waals surface area contributed by atoms with E-state index in [0.717, 1.165) is 45.2 Å². The lowest BCUT2D eigenvalue weighted by Gasteiger charge is -2.37. The van der Waals surface area contributed by atoms with Crippen LogP contribution in [0.15, 0.2) is 12.4 Å². The van der Waals surface area contributed by atoms with Crippen molar-refractivity contribution >= 4 is 11.6 Å². The monoisotopic (exact) mass is 369 g/mol. The third-order valence-electron chi connectivity index (χ3n) is 5.38. The maximum atomic E-state index is 13.2. The number of halogens is 3. The van der Waals surface area contributed by atoms with Crippen LogP contribution in [0.1, 0.15) is 19.0 Å². The molecule has 10 heteroatoms. The predicted molar refractivity (Wildman–Crippen MR) is 90.1 cm³/mol. The summed E-state index contributed by atoms with van der Waals surface area (Å²) >= 11 is 0. The van der Waals surface area contributed by atoms with Gasteiger partial charge in [-0.3, -0.25) is 4.90 Å². The molecule has 2 saturated heterocycles. The molecule has 2 aliphatic rings. The van der Waals surface area contributed by atoms with Gasteiger partial charge in [0.05, 0.1) is 0 Å². The Kier molecular flexibility index (Phi) is 4.47. The minimum atomic E-state index is -4.50. The molecule has 4 rings (SSSR count). The molecule has 0 radical (unpaired) electrons. The number of rotatable bonds is 3. The number of fused-ring (bicyclic) bond motifs is 1. The summed E-state index contributed by atoms with van der Waals surface area (Å²) < 4.78 is 40.9. The SMILES string of the molecule is CCN1CCN(C2CCN(c3cc(C(F)(F)F)nc4ncnn34)C2)CC1. The molecule has 0 aromatic carbocycles. The summed E-state index contributed by atoms with van der Waals surface area (Å²) in [4.78, 5) is 14.3. The molecule has 26 heavy (non-hydrogen) atoms. The Labute approximate surface area is 149 Å². The quantitative estimate of drug-likeness (QED) is 0.814. The topological polar surface area (TPSA) is 52.8 Å². The Bertz CT molecular complexity index is 767. The first-order valence-electron chi connectivity index (χ1n) is 8.95. The van der Waals surface area contributed by atoms with Gasteiger partial charge >= 0.3 is 6.18 Å². The zero-order chi connectivity index (χ0) is 18.3. The van der Waals surface area contributed by atoms with Crippen LogP contribution in [0.2, 0.25) is 0 Å². The average Bonchev–Trinajstić information content (AvgIpc) is 3.29. The summed E-state index contributed by atoms with van der Waals surface area (Å²) in [6, 6.07) is 1.44. The molecule has 0 aliphatic carbocycles. The lowest BCUT2D eigenvalue weighted by Crippen LogP contribution is -2.50. The number of likely N-dealkylation sites (N-methyl/N-ethyl adjacent to an activating group) is 1. The fraction of sp³-hybridized carbons (Fsp3) is 0.688. The number of anilines is 1. The van der Waals surface area contributed by atoms with Gasteiger partial charge in [0.2, 0.25) is 0 Å². The maximum Gasteiger partial charge on any atom is 0.433 e. The number of hydrogen-bond acceptors (Lipinski definition) is 6. The third kappa shape index (κ3) is 3.23. The van der Waals surface area contributed by atoms with Crippen molar-refractivity contribution in [2.24, 2.45) is 0 Å². The molecule has 0 bridgehead atoms. The van der Waals surface area contributed by atoms with Crippen molar-refractivity contribution in [3.05, 3.63) is 18.1 Å². The van der Waals surface area contributed by atoms with Gasteiger partial charge < -0.3 is 9.80 Å². The van der Waals surface area contributed by atoms with E-state index >= 15 is 0 Å². The van der Waals surface area contributed by atoms with Gasteiger partial charge in [-0.1, -0.05) is 6.92 Å². The molecule has 2 aliphatic heterocycles. The maximum absolute atomic E-state index is 13.2. The summed E-state index contributed by atoms with van der Waals surface area (Å²) in [6.07, 6.45) is -2.33. The van der Waals surface area contributed by atoms with Crippen molar-refractivity contribution in [3.63, 3.8) is 0 Å². The van der Waals surface area contributed by atoms with Crippen LogP contribution in [0.5, 0.6) is 0 Å². The van der Waals surface area contributed by atoms with Gasteiger partial charge in [0, 0.05) is 51.4 Å². The first-order chi connectivity index (χ1) is 12.5. The molecule has 0 saturated carbocycles. The van der Waals surface area contributed by atoms with Crippen molar-refractivity contribution in [2.45, 2.75) is 25.6 Å². The molecule has 1 unspecified atom stereocenters. The predicted octanol–water partition coefficient (Wildman–Crippen LogP) is 1.36. The zero-order valence-electron chi connectivity index (χ0n) is 14.7. The molecule has 0 spiro atoms. The van der Waals surface area contributed by atoms with Crippen LogP contribution in [0.4, 0.5) is 19.0 Å². The average molecular weight is 369 g/mol. The van der Waals surface area contributed by atoms with Crippen molar-refractivity contribution in [2.75, 3.05) is 50.7 Å². The van der Waals surface area contributed by atoms with Crippen molar-refractivity contribution in [3.8, 4) is 0 Å². The lowest BCUT2D eigenvalue weighted by atomic mass is 10.2. The minimum Gasteiger partial charge on any atom is -0.355 e. The van der Waals surface area contributed by atoms with Crippen LogP contribution < -0.4 is 4.90 Å². The molecule has 7 nitrogen and oxygen atoms in total. The molecule has 2 aromatic heterocycles. The number of hydrogen-bond donors (Lipinski definition) is 0. The van der Waals surface area contributed by atoms with E-state index in [1.807, 2.05) is 4.90 Å². The van der Waals surface area contributed by atoms with Gasteiger partial charge in [-0.15, -0.1) is 0 Å². The van der Waals surface area contributed by atoms with Crippen molar-refractivity contribution in [1.82, 2.24) is 29.4 Å². The molecule has 2 aromatic rings. The summed E-state index contributed by atoms with van der Waals surface area (Å²) in [7, 11) is 0. The number of piperazine rings is 1. The van der Waals surface area contributed by atoms with Crippen LogP contribution in [0, 0.1) is 0 Å². The Morgan fingerprint density at radius 3 is 2.62 bits per heavy atom. The first kappa shape index (κ1) is 17.5. The molecule has 4 heterocycles. The summed E-state index contributed by atoms with van der Waals surface area (Å²) in [6.45, 7) is 8.74. The Morgan fingerprint density at radius 1 is 1.15 bits per heavy atom. The van der Waals surface area contributed by atoms with E-state index in [9.17, 15) is 13.2 Å². The van der Waals surface area contributed by atoms with E-state index in [2.05, 4.69) is 31.8 Å². The second-order valence-corrected chi connectivity index (χ2v) is 6.83. The van der Waals surface area contributed by atoms with Crippen molar-refractivity contribution < 1.29 is 13.2 Å².